The van der Waals surface area contributed by atoms with Gasteiger partial charge in [0.25, 0.3) is 0 Å². The second-order valence-corrected chi connectivity index (χ2v) is 6.34. The van der Waals surface area contributed by atoms with Crippen LogP contribution in [0.2, 0.25) is 5.02 Å². The van der Waals surface area contributed by atoms with E-state index in [4.69, 9.17) is 21.1 Å². The molecule has 1 aliphatic heterocycles. The number of aliphatic hydroxyl groups is 1. The number of halogens is 1. The van der Waals surface area contributed by atoms with Crippen LogP contribution in [-0.2, 0) is 24.5 Å². The first kappa shape index (κ1) is 16.4. The lowest BCUT2D eigenvalue weighted by molar-refractivity contribution is -0.161. The lowest BCUT2D eigenvalue weighted by Crippen LogP contribution is -2.52. The molecule has 0 aromatic heterocycles. The summed E-state index contributed by atoms with van der Waals surface area (Å²) in [6, 6.07) is 5.24. The SMILES string of the molecule is CCOC(=O)C1C(=O)C2(CCOCC2)c2cccc(Cl)c2C1O. The van der Waals surface area contributed by atoms with Gasteiger partial charge in [-0.3, -0.25) is 9.59 Å². The summed E-state index contributed by atoms with van der Waals surface area (Å²) < 4.78 is 10.4. The van der Waals surface area contributed by atoms with Crippen LogP contribution in [0.25, 0.3) is 0 Å². The lowest BCUT2D eigenvalue weighted by Gasteiger charge is -2.44. The third-order valence-electron chi connectivity index (χ3n) is 4.82. The standard InChI is InChI=1S/C17H19ClO5/c1-2-23-16(21)13-14(19)12-10(4-3-5-11(12)18)17(15(13)20)6-8-22-9-7-17/h3-5,13-14,19H,2,6-9H2,1H3. The Morgan fingerprint density at radius 1 is 1.43 bits per heavy atom. The maximum absolute atomic E-state index is 13.1. The highest BCUT2D eigenvalue weighted by Gasteiger charge is 2.55. The molecule has 1 fully saturated rings. The van der Waals surface area contributed by atoms with E-state index in [0.29, 0.717) is 42.2 Å². The Morgan fingerprint density at radius 2 is 2.13 bits per heavy atom. The Labute approximate surface area is 139 Å². The highest BCUT2D eigenvalue weighted by molar-refractivity contribution is 6.31. The number of hydrogen-bond acceptors (Lipinski definition) is 5. The van der Waals surface area contributed by atoms with Crippen molar-refractivity contribution in [2.75, 3.05) is 19.8 Å². The molecule has 23 heavy (non-hydrogen) atoms. The minimum atomic E-state index is -1.28. The fraction of sp³-hybridized carbons (Fsp3) is 0.529. The molecule has 1 N–H and O–H groups in total. The van der Waals surface area contributed by atoms with Gasteiger partial charge in [0.05, 0.1) is 12.0 Å². The number of carbonyl (C=O) groups is 2. The Hall–Kier alpha value is -1.43. The molecule has 2 unspecified atom stereocenters. The summed E-state index contributed by atoms with van der Waals surface area (Å²) in [6.45, 7) is 2.69. The van der Waals surface area contributed by atoms with Gasteiger partial charge in [-0.05, 0) is 31.4 Å². The normalized spacial score (nSPS) is 26.0. The Bertz CT molecular complexity index is 636. The van der Waals surface area contributed by atoms with E-state index in [1.165, 1.54) is 0 Å². The molecule has 1 spiro atoms. The summed E-state index contributed by atoms with van der Waals surface area (Å²) in [6.07, 6.45) is -0.331. The maximum atomic E-state index is 13.1. The van der Waals surface area contributed by atoms with Crippen LogP contribution in [0.1, 0.15) is 37.0 Å². The van der Waals surface area contributed by atoms with Gasteiger partial charge >= 0.3 is 5.97 Å². The van der Waals surface area contributed by atoms with Gasteiger partial charge in [-0.2, -0.15) is 0 Å². The highest BCUT2D eigenvalue weighted by atomic mass is 35.5. The van der Waals surface area contributed by atoms with Crippen LogP contribution in [0.4, 0.5) is 0 Å². The largest absolute Gasteiger partial charge is 0.465 e. The van der Waals surface area contributed by atoms with E-state index < -0.39 is 23.4 Å². The van der Waals surface area contributed by atoms with E-state index in [9.17, 15) is 14.7 Å². The third-order valence-corrected chi connectivity index (χ3v) is 5.15. The maximum Gasteiger partial charge on any atom is 0.319 e. The quantitative estimate of drug-likeness (QED) is 0.661. The van der Waals surface area contributed by atoms with Crippen LogP contribution in [0, 0.1) is 5.92 Å². The molecule has 6 heteroatoms. The Balaban J connectivity index is 2.17. The number of ether oxygens (including phenoxy) is 2. The molecule has 2 atom stereocenters. The monoisotopic (exact) mass is 338 g/mol. The molecule has 0 amide bonds. The fourth-order valence-electron chi connectivity index (χ4n) is 3.70. The number of benzene rings is 1. The van der Waals surface area contributed by atoms with Gasteiger partial charge in [-0.25, -0.2) is 0 Å². The van der Waals surface area contributed by atoms with Crippen molar-refractivity contribution < 1.29 is 24.2 Å². The molecule has 1 heterocycles. The van der Waals surface area contributed by atoms with E-state index in [1.807, 2.05) is 6.07 Å². The minimum absolute atomic E-state index is 0.154. The lowest BCUT2D eigenvalue weighted by atomic mass is 9.60. The number of rotatable bonds is 2. The number of aliphatic hydroxyl groups excluding tert-OH is 1. The first-order valence-corrected chi connectivity index (χ1v) is 8.16. The molecule has 0 bridgehead atoms. The molecule has 1 aromatic rings. The first-order valence-electron chi connectivity index (χ1n) is 7.78. The van der Waals surface area contributed by atoms with E-state index in [2.05, 4.69) is 0 Å². The van der Waals surface area contributed by atoms with Crippen LogP contribution in [0.15, 0.2) is 18.2 Å². The molecule has 0 saturated carbocycles. The smallest absolute Gasteiger partial charge is 0.319 e. The number of fused-ring (bicyclic) bond motifs is 2. The summed E-state index contributed by atoms with van der Waals surface area (Å²) in [4.78, 5) is 25.4. The van der Waals surface area contributed by atoms with Crippen LogP contribution < -0.4 is 0 Å². The van der Waals surface area contributed by atoms with Gasteiger partial charge in [-0.15, -0.1) is 0 Å². The van der Waals surface area contributed by atoms with Crippen molar-refractivity contribution in [3.05, 3.63) is 34.3 Å². The zero-order chi connectivity index (χ0) is 16.6. The molecule has 1 aromatic carbocycles. The molecular formula is C17H19ClO5. The number of Topliss-reactive ketones (excluding diaryl/α,β-unsaturated/α-hetero) is 1. The number of esters is 1. The number of hydrogen-bond donors (Lipinski definition) is 1. The van der Waals surface area contributed by atoms with Crippen LogP contribution in [-0.4, -0.2) is 36.7 Å². The van der Waals surface area contributed by atoms with Crippen molar-refractivity contribution in [2.24, 2.45) is 5.92 Å². The molecule has 124 valence electrons. The zero-order valence-corrected chi connectivity index (χ0v) is 13.6. The van der Waals surface area contributed by atoms with Gasteiger partial charge in [-0.1, -0.05) is 23.7 Å². The molecule has 3 rings (SSSR count). The topological polar surface area (TPSA) is 72.8 Å². The van der Waals surface area contributed by atoms with E-state index in [-0.39, 0.29) is 12.4 Å². The van der Waals surface area contributed by atoms with Gasteiger partial charge in [0.2, 0.25) is 0 Å². The van der Waals surface area contributed by atoms with E-state index in [1.54, 1.807) is 19.1 Å². The minimum Gasteiger partial charge on any atom is -0.465 e. The predicted molar refractivity (Wildman–Crippen MR) is 83.3 cm³/mol. The zero-order valence-electron chi connectivity index (χ0n) is 12.9. The van der Waals surface area contributed by atoms with Crippen LogP contribution in [0.3, 0.4) is 0 Å². The van der Waals surface area contributed by atoms with Gasteiger partial charge in [0, 0.05) is 23.8 Å². The molecule has 1 aliphatic carbocycles. The molecular weight excluding hydrogens is 320 g/mol. The highest BCUT2D eigenvalue weighted by Crippen LogP contribution is 2.50. The second-order valence-electron chi connectivity index (χ2n) is 5.93. The fourth-order valence-corrected chi connectivity index (χ4v) is 3.99. The van der Waals surface area contributed by atoms with Crippen molar-refractivity contribution >= 4 is 23.4 Å². The van der Waals surface area contributed by atoms with Gasteiger partial charge < -0.3 is 14.6 Å². The van der Waals surface area contributed by atoms with Crippen molar-refractivity contribution in [1.29, 1.82) is 0 Å². The van der Waals surface area contributed by atoms with Crippen molar-refractivity contribution in [2.45, 2.75) is 31.3 Å². The number of ketones is 1. The summed E-state index contributed by atoms with van der Waals surface area (Å²) in [7, 11) is 0. The van der Waals surface area contributed by atoms with Crippen LogP contribution in [0.5, 0.6) is 0 Å². The van der Waals surface area contributed by atoms with E-state index >= 15 is 0 Å². The second kappa shape index (κ2) is 6.23. The predicted octanol–water partition coefficient (Wildman–Crippen LogP) is 2.18. The van der Waals surface area contributed by atoms with E-state index in [0.717, 1.165) is 0 Å². The summed E-state index contributed by atoms with van der Waals surface area (Å²) in [5.41, 5.74) is 0.342. The Morgan fingerprint density at radius 3 is 2.78 bits per heavy atom. The van der Waals surface area contributed by atoms with Crippen molar-refractivity contribution in [3.8, 4) is 0 Å². The Kier molecular flexibility index (Phi) is 4.45. The van der Waals surface area contributed by atoms with Gasteiger partial charge in [0.15, 0.2) is 5.78 Å². The first-order chi connectivity index (χ1) is 11.0. The van der Waals surface area contributed by atoms with Crippen molar-refractivity contribution in [1.82, 2.24) is 0 Å². The number of carbonyl (C=O) groups excluding carboxylic acids is 2. The molecule has 5 nitrogen and oxygen atoms in total. The summed E-state index contributed by atoms with van der Waals surface area (Å²) >= 11 is 6.28. The third kappa shape index (κ3) is 2.47. The molecule has 2 aliphatic rings. The summed E-state index contributed by atoms with van der Waals surface area (Å²) in [5, 5.41) is 11.0. The van der Waals surface area contributed by atoms with Crippen LogP contribution >= 0.6 is 11.6 Å². The molecule has 0 radical (unpaired) electrons. The summed E-state index contributed by atoms with van der Waals surface area (Å²) in [5.74, 6) is -2.22. The van der Waals surface area contributed by atoms with Gasteiger partial charge in [0.1, 0.15) is 12.0 Å². The average molecular weight is 339 g/mol. The average Bonchev–Trinajstić information content (AvgIpc) is 2.54. The van der Waals surface area contributed by atoms with Crippen molar-refractivity contribution in [3.63, 3.8) is 0 Å². The molecule has 1 saturated heterocycles.